The Hall–Kier alpha value is -1.18. The third-order valence-electron chi connectivity index (χ3n) is 5.45. The van der Waals surface area contributed by atoms with Crippen molar-refractivity contribution in [2.24, 2.45) is 0 Å². The normalized spacial score (nSPS) is 22.5. The molecule has 1 saturated heterocycles. The van der Waals surface area contributed by atoms with E-state index in [-0.39, 0.29) is 6.61 Å². The summed E-state index contributed by atoms with van der Waals surface area (Å²) in [6.07, 6.45) is 10.6. The lowest BCUT2D eigenvalue weighted by molar-refractivity contribution is -0.167. The molecule has 0 aromatic carbocycles. The lowest BCUT2D eigenvalue weighted by Gasteiger charge is -2.18. The summed E-state index contributed by atoms with van der Waals surface area (Å²) in [5.41, 5.74) is 0. The van der Waals surface area contributed by atoms with Crippen LogP contribution in [-0.2, 0) is 19.1 Å². The summed E-state index contributed by atoms with van der Waals surface area (Å²) in [7, 11) is 0. The van der Waals surface area contributed by atoms with Crippen LogP contribution in [0.15, 0.2) is 0 Å². The molecule has 0 aromatic rings. The zero-order valence-electron chi connectivity index (χ0n) is 17.9. The first-order valence-corrected chi connectivity index (χ1v) is 11.4. The number of carbonyl (C=O) groups excluding carboxylic acids is 2. The number of hydrogen-bond acceptors (Lipinski definition) is 7. The fourth-order valence-corrected chi connectivity index (χ4v) is 3.53. The zero-order valence-corrected chi connectivity index (χ0v) is 17.9. The second-order valence-electron chi connectivity index (χ2n) is 8.05. The first kappa shape index (κ1) is 25.9. The number of rotatable bonds is 17. The Kier molecular flexibility index (Phi) is 13.9. The molecule has 1 aliphatic heterocycles. The average molecular weight is 417 g/mol. The number of unbranched alkanes of at least 4 members (excludes halogenated alkanes) is 13. The standard InChI is InChI=1S/C22H40O7/c1-2-3-4-5-6-7-8-9-10-11-12-13-14-15-16-28-21(26)19(25)20-17(23)18(24)22(27)29-20/h17-20,23-25H,2-16H2,1H3/t17-,18+,19-,20+/m1/s1. The van der Waals surface area contributed by atoms with E-state index in [4.69, 9.17) is 4.74 Å². The fourth-order valence-electron chi connectivity index (χ4n) is 3.53. The van der Waals surface area contributed by atoms with Crippen LogP contribution in [0.4, 0.5) is 0 Å². The quantitative estimate of drug-likeness (QED) is 0.247. The van der Waals surface area contributed by atoms with Gasteiger partial charge >= 0.3 is 11.9 Å². The molecule has 0 unspecified atom stereocenters. The largest absolute Gasteiger partial charge is 0.464 e. The van der Waals surface area contributed by atoms with Crippen molar-refractivity contribution in [2.75, 3.05) is 6.61 Å². The molecule has 0 aromatic heterocycles. The summed E-state index contributed by atoms with van der Waals surface area (Å²) in [6.45, 7) is 2.42. The van der Waals surface area contributed by atoms with Gasteiger partial charge in [0.05, 0.1) is 6.61 Å². The maximum absolute atomic E-state index is 11.8. The number of cyclic esters (lactones) is 1. The summed E-state index contributed by atoms with van der Waals surface area (Å²) in [4.78, 5) is 22.9. The van der Waals surface area contributed by atoms with Gasteiger partial charge in [-0.2, -0.15) is 0 Å². The van der Waals surface area contributed by atoms with E-state index in [1.54, 1.807) is 0 Å². The highest BCUT2D eigenvalue weighted by Crippen LogP contribution is 2.20. The Balaban J connectivity index is 1.90. The molecule has 0 spiro atoms. The van der Waals surface area contributed by atoms with Gasteiger partial charge in [-0.1, -0.05) is 90.4 Å². The Labute approximate surface area is 174 Å². The zero-order chi connectivity index (χ0) is 21.5. The van der Waals surface area contributed by atoms with Crippen LogP contribution in [-0.4, -0.2) is 58.3 Å². The minimum Gasteiger partial charge on any atom is -0.464 e. The highest BCUT2D eigenvalue weighted by molar-refractivity contribution is 5.81. The van der Waals surface area contributed by atoms with E-state index in [2.05, 4.69) is 11.7 Å². The van der Waals surface area contributed by atoms with Gasteiger partial charge in [0, 0.05) is 0 Å². The van der Waals surface area contributed by atoms with Crippen LogP contribution in [0.5, 0.6) is 0 Å². The summed E-state index contributed by atoms with van der Waals surface area (Å²) >= 11 is 0. The molecule has 0 aliphatic carbocycles. The first-order valence-electron chi connectivity index (χ1n) is 11.4. The van der Waals surface area contributed by atoms with E-state index in [0.29, 0.717) is 6.42 Å². The minimum atomic E-state index is -1.79. The molecular formula is C22H40O7. The van der Waals surface area contributed by atoms with Gasteiger partial charge in [-0.15, -0.1) is 0 Å². The molecule has 1 heterocycles. The van der Waals surface area contributed by atoms with E-state index in [1.165, 1.54) is 70.6 Å². The minimum absolute atomic E-state index is 0.174. The average Bonchev–Trinajstić information content (AvgIpc) is 2.97. The molecule has 1 fully saturated rings. The van der Waals surface area contributed by atoms with Crippen molar-refractivity contribution < 1.29 is 34.4 Å². The van der Waals surface area contributed by atoms with Crippen LogP contribution >= 0.6 is 0 Å². The van der Waals surface area contributed by atoms with Crippen LogP contribution in [0.1, 0.15) is 96.8 Å². The van der Waals surface area contributed by atoms with E-state index in [9.17, 15) is 24.9 Å². The Bertz CT molecular complexity index is 454. The third-order valence-corrected chi connectivity index (χ3v) is 5.45. The first-order chi connectivity index (χ1) is 14.0. The molecule has 0 amide bonds. The van der Waals surface area contributed by atoms with Crippen molar-refractivity contribution in [3.63, 3.8) is 0 Å². The maximum atomic E-state index is 11.8. The monoisotopic (exact) mass is 416 g/mol. The molecule has 170 valence electrons. The van der Waals surface area contributed by atoms with Gasteiger partial charge in [-0.25, -0.2) is 9.59 Å². The van der Waals surface area contributed by atoms with Gasteiger partial charge in [0.1, 0.15) is 6.10 Å². The highest BCUT2D eigenvalue weighted by atomic mass is 16.6. The lowest BCUT2D eigenvalue weighted by atomic mass is 10.0. The van der Waals surface area contributed by atoms with E-state index >= 15 is 0 Å². The third kappa shape index (κ3) is 10.4. The SMILES string of the molecule is CCCCCCCCCCCCCCCCOC(=O)[C@H](O)[C@H]1OC(=O)[C@@H](O)[C@H]1O. The van der Waals surface area contributed by atoms with Crippen LogP contribution in [0.25, 0.3) is 0 Å². The predicted octanol–water partition coefficient (Wildman–Crippen LogP) is 3.02. The van der Waals surface area contributed by atoms with E-state index in [1.807, 2.05) is 0 Å². The summed E-state index contributed by atoms with van der Waals surface area (Å²) in [5, 5.41) is 28.7. The molecule has 0 radical (unpaired) electrons. The van der Waals surface area contributed by atoms with Crippen LogP contribution < -0.4 is 0 Å². The number of aliphatic hydroxyl groups excluding tert-OH is 3. The lowest BCUT2D eigenvalue weighted by Crippen LogP contribution is -2.43. The van der Waals surface area contributed by atoms with Gasteiger partial charge in [-0.05, 0) is 6.42 Å². The fraction of sp³-hybridized carbons (Fsp3) is 0.909. The Morgan fingerprint density at radius 1 is 0.897 bits per heavy atom. The van der Waals surface area contributed by atoms with E-state index < -0.39 is 36.4 Å². The van der Waals surface area contributed by atoms with Crippen molar-refractivity contribution in [3.8, 4) is 0 Å². The highest BCUT2D eigenvalue weighted by Gasteiger charge is 2.48. The summed E-state index contributed by atoms with van der Waals surface area (Å²) in [6, 6.07) is 0. The molecule has 7 nitrogen and oxygen atoms in total. The number of ether oxygens (including phenoxy) is 2. The number of esters is 2. The number of aliphatic hydroxyl groups is 3. The number of hydrogen-bond donors (Lipinski definition) is 3. The van der Waals surface area contributed by atoms with Gasteiger partial charge in [0.25, 0.3) is 0 Å². The van der Waals surface area contributed by atoms with Crippen LogP contribution in [0.2, 0.25) is 0 Å². The predicted molar refractivity (Wildman–Crippen MR) is 109 cm³/mol. The van der Waals surface area contributed by atoms with Crippen molar-refractivity contribution >= 4 is 11.9 Å². The molecule has 3 N–H and O–H groups in total. The Morgan fingerprint density at radius 3 is 1.76 bits per heavy atom. The molecule has 29 heavy (non-hydrogen) atoms. The smallest absolute Gasteiger partial charge is 0.339 e. The molecule has 7 heteroatoms. The summed E-state index contributed by atoms with van der Waals surface area (Å²) in [5.74, 6) is -2.01. The second kappa shape index (κ2) is 15.6. The van der Waals surface area contributed by atoms with Crippen molar-refractivity contribution in [3.05, 3.63) is 0 Å². The van der Waals surface area contributed by atoms with Crippen molar-refractivity contribution in [2.45, 2.75) is 121 Å². The molecule has 1 rings (SSSR count). The Morgan fingerprint density at radius 2 is 1.34 bits per heavy atom. The van der Waals surface area contributed by atoms with Crippen LogP contribution in [0.3, 0.4) is 0 Å². The number of carbonyl (C=O) groups is 2. The van der Waals surface area contributed by atoms with Gasteiger partial charge in [0.15, 0.2) is 18.3 Å². The topological polar surface area (TPSA) is 113 Å². The molecule has 0 bridgehead atoms. The van der Waals surface area contributed by atoms with Gasteiger partial charge < -0.3 is 24.8 Å². The van der Waals surface area contributed by atoms with Crippen molar-refractivity contribution in [1.82, 2.24) is 0 Å². The van der Waals surface area contributed by atoms with Crippen LogP contribution in [0, 0.1) is 0 Å². The molecular weight excluding hydrogens is 376 g/mol. The maximum Gasteiger partial charge on any atom is 0.339 e. The molecule has 4 atom stereocenters. The van der Waals surface area contributed by atoms with Gasteiger partial charge in [0.2, 0.25) is 0 Å². The summed E-state index contributed by atoms with van der Waals surface area (Å²) < 4.78 is 9.58. The van der Waals surface area contributed by atoms with Crippen molar-refractivity contribution in [1.29, 1.82) is 0 Å². The molecule has 1 aliphatic rings. The van der Waals surface area contributed by atoms with E-state index in [0.717, 1.165) is 12.8 Å². The molecule has 0 saturated carbocycles. The second-order valence-corrected chi connectivity index (χ2v) is 8.05. The van der Waals surface area contributed by atoms with Gasteiger partial charge in [-0.3, -0.25) is 0 Å².